The molecule has 1 aromatic rings. The van der Waals surface area contributed by atoms with Gasteiger partial charge in [0.1, 0.15) is 5.82 Å². The highest BCUT2D eigenvalue weighted by atomic mass is 19.1. The number of benzene rings is 1. The van der Waals surface area contributed by atoms with Crippen molar-refractivity contribution < 1.29 is 13.9 Å². The van der Waals surface area contributed by atoms with E-state index in [0.29, 0.717) is 5.92 Å². The summed E-state index contributed by atoms with van der Waals surface area (Å²) >= 11 is 0. The molecule has 0 radical (unpaired) electrons. The average molecular weight is 266 g/mol. The molecule has 1 saturated heterocycles. The van der Waals surface area contributed by atoms with Gasteiger partial charge in [0.25, 0.3) is 0 Å². The number of rotatable bonds is 6. The predicted molar refractivity (Wildman–Crippen MR) is 73.3 cm³/mol. The second kappa shape index (κ2) is 7.61. The first-order chi connectivity index (χ1) is 9.29. The lowest BCUT2D eigenvalue weighted by atomic mass is 10.0. The zero-order valence-corrected chi connectivity index (χ0v) is 11.6. The van der Waals surface area contributed by atoms with Crippen LogP contribution in [0.3, 0.4) is 0 Å². The number of ether oxygens (including phenoxy) is 2. The fourth-order valence-corrected chi connectivity index (χ4v) is 2.38. The van der Waals surface area contributed by atoms with Crippen LogP contribution in [0.2, 0.25) is 0 Å². The summed E-state index contributed by atoms with van der Waals surface area (Å²) in [4.78, 5) is 0. The first-order valence-corrected chi connectivity index (χ1v) is 7.28. The van der Waals surface area contributed by atoms with Gasteiger partial charge in [-0.05, 0) is 18.6 Å². The van der Waals surface area contributed by atoms with E-state index in [9.17, 15) is 4.39 Å². The minimum absolute atomic E-state index is 0.228. The van der Waals surface area contributed by atoms with E-state index in [2.05, 4.69) is 6.92 Å². The molecule has 1 aliphatic rings. The zero-order valence-electron chi connectivity index (χ0n) is 11.6. The standard InChI is InChI=1S/C16H23FO2/c1-2-3-4-5-6-13-11-18-16(19-12-13)14-7-9-15(17)10-8-14/h7-10,13,16H,2-6,11-12H2,1H3. The molecule has 2 nitrogen and oxygen atoms in total. The van der Waals surface area contributed by atoms with Crippen molar-refractivity contribution >= 4 is 0 Å². The molecule has 0 saturated carbocycles. The topological polar surface area (TPSA) is 18.5 Å². The van der Waals surface area contributed by atoms with Crippen LogP contribution in [0.15, 0.2) is 24.3 Å². The molecule has 0 amide bonds. The molecule has 3 heteroatoms. The van der Waals surface area contributed by atoms with Crippen LogP contribution >= 0.6 is 0 Å². The molecule has 0 aliphatic carbocycles. The highest BCUT2D eigenvalue weighted by molar-refractivity contribution is 5.17. The summed E-state index contributed by atoms with van der Waals surface area (Å²) in [5.74, 6) is 0.280. The molecule has 0 spiro atoms. The van der Waals surface area contributed by atoms with Gasteiger partial charge < -0.3 is 9.47 Å². The Morgan fingerprint density at radius 3 is 2.37 bits per heavy atom. The molecule has 19 heavy (non-hydrogen) atoms. The van der Waals surface area contributed by atoms with Gasteiger partial charge in [0.05, 0.1) is 13.2 Å². The summed E-state index contributed by atoms with van der Waals surface area (Å²) < 4.78 is 24.3. The minimum Gasteiger partial charge on any atom is -0.348 e. The second-order valence-electron chi connectivity index (χ2n) is 5.27. The molecule has 106 valence electrons. The largest absolute Gasteiger partial charge is 0.348 e. The Kier molecular flexibility index (Phi) is 5.80. The third kappa shape index (κ3) is 4.59. The van der Waals surface area contributed by atoms with Gasteiger partial charge in [-0.15, -0.1) is 0 Å². The summed E-state index contributed by atoms with van der Waals surface area (Å²) in [5.41, 5.74) is 0.894. The summed E-state index contributed by atoms with van der Waals surface area (Å²) in [6, 6.07) is 6.33. The third-order valence-corrected chi connectivity index (χ3v) is 3.57. The molecule has 0 aromatic heterocycles. The molecule has 0 N–H and O–H groups in total. The average Bonchev–Trinajstić information content (AvgIpc) is 2.45. The maximum absolute atomic E-state index is 12.8. The molecule has 1 aromatic carbocycles. The molecule has 1 fully saturated rings. The van der Waals surface area contributed by atoms with Crippen LogP contribution < -0.4 is 0 Å². The van der Waals surface area contributed by atoms with Crippen molar-refractivity contribution in [3.63, 3.8) is 0 Å². The summed E-state index contributed by atoms with van der Waals surface area (Å²) in [5, 5.41) is 0. The minimum atomic E-state index is -0.326. The third-order valence-electron chi connectivity index (χ3n) is 3.57. The molecular formula is C16H23FO2. The van der Waals surface area contributed by atoms with Crippen molar-refractivity contribution in [1.82, 2.24) is 0 Å². The summed E-state index contributed by atoms with van der Waals surface area (Å²) in [7, 11) is 0. The van der Waals surface area contributed by atoms with Crippen LogP contribution in [-0.2, 0) is 9.47 Å². The highest BCUT2D eigenvalue weighted by Crippen LogP contribution is 2.27. The smallest absolute Gasteiger partial charge is 0.183 e. The van der Waals surface area contributed by atoms with Crippen LogP contribution in [0, 0.1) is 11.7 Å². The highest BCUT2D eigenvalue weighted by Gasteiger charge is 2.23. The van der Waals surface area contributed by atoms with E-state index in [4.69, 9.17) is 9.47 Å². The van der Waals surface area contributed by atoms with Crippen LogP contribution in [0.1, 0.15) is 50.9 Å². The van der Waals surface area contributed by atoms with Crippen molar-refractivity contribution in [3.8, 4) is 0 Å². The van der Waals surface area contributed by atoms with Crippen molar-refractivity contribution in [2.24, 2.45) is 5.92 Å². The quantitative estimate of drug-likeness (QED) is 0.708. The SMILES string of the molecule is CCCCCCC1COC(c2ccc(F)cc2)OC1. The summed E-state index contributed by atoms with van der Waals surface area (Å²) in [6.45, 7) is 3.71. The van der Waals surface area contributed by atoms with E-state index in [1.54, 1.807) is 12.1 Å². The number of unbranched alkanes of at least 4 members (excludes halogenated alkanes) is 3. The van der Waals surface area contributed by atoms with E-state index < -0.39 is 0 Å². The van der Waals surface area contributed by atoms with Gasteiger partial charge in [0.2, 0.25) is 0 Å². The Morgan fingerprint density at radius 1 is 1.05 bits per heavy atom. The van der Waals surface area contributed by atoms with Crippen LogP contribution in [0.5, 0.6) is 0 Å². The number of hydrogen-bond donors (Lipinski definition) is 0. The molecule has 1 aliphatic heterocycles. The van der Waals surface area contributed by atoms with Gasteiger partial charge in [-0.1, -0.05) is 44.7 Å². The van der Waals surface area contributed by atoms with Crippen LogP contribution in [-0.4, -0.2) is 13.2 Å². The Bertz CT molecular complexity index is 356. The summed E-state index contributed by atoms with van der Waals surface area (Å²) in [6.07, 6.45) is 5.99. The van der Waals surface area contributed by atoms with Gasteiger partial charge >= 0.3 is 0 Å². The molecule has 1 heterocycles. The zero-order chi connectivity index (χ0) is 13.5. The van der Waals surface area contributed by atoms with Gasteiger partial charge in [-0.3, -0.25) is 0 Å². The first kappa shape index (κ1) is 14.5. The van der Waals surface area contributed by atoms with Crippen molar-refractivity contribution in [2.45, 2.75) is 45.3 Å². The fraction of sp³-hybridized carbons (Fsp3) is 0.625. The van der Waals surface area contributed by atoms with Crippen molar-refractivity contribution in [2.75, 3.05) is 13.2 Å². The Morgan fingerprint density at radius 2 is 1.74 bits per heavy atom. The Hall–Kier alpha value is -0.930. The molecular weight excluding hydrogens is 243 g/mol. The molecule has 2 rings (SSSR count). The van der Waals surface area contributed by atoms with Crippen molar-refractivity contribution in [3.05, 3.63) is 35.6 Å². The van der Waals surface area contributed by atoms with Gasteiger partial charge in [-0.2, -0.15) is 0 Å². The second-order valence-corrected chi connectivity index (χ2v) is 5.27. The Balaban J connectivity index is 1.71. The Labute approximate surface area is 114 Å². The van der Waals surface area contributed by atoms with E-state index >= 15 is 0 Å². The van der Waals surface area contributed by atoms with E-state index in [1.807, 2.05) is 0 Å². The lowest BCUT2D eigenvalue weighted by Crippen LogP contribution is -2.27. The van der Waals surface area contributed by atoms with Crippen LogP contribution in [0.4, 0.5) is 4.39 Å². The predicted octanol–water partition coefficient (Wildman–Crippen LogP) is 4.46. The van der Waals surface area contributed by atoms with E-state index in [0.717, 1.165) is 18.8 Å². The maximum Gasteiger partial charge on any atom is 0.183 e. The van der Waals surface area contributed by atoms with Gasteiger partial charge in [-0.25, -0.2) is 4.39 Å². The molecule has 0 atom stereocenters. The number of halogens is 1. The lowest BCUT2D eigenvalue weighted by Gasteiger charge is -2.29. The molecule has 0 bridgehead atoms. The first-order valence-electron chi connectivity index (χ1n) is 7.28. The fourth-order valence-electron chi connectivity index (χ4n) is 2.38. The van der Waals surface area contributed by atoms with Gasteiger partial charge in [0.15, 0.2) is 6.29 Å². The lowest BCUT2D eigenvalue weighted by molar-refractivity contribution is -0.206. The van der Waals surface area contributed by atoms with Gasteiger partial charge in [0, 0.05) is 11.5 Å². The normalized spacial score (nSPS) is 23.5. The maximum atomic E-state index is 12.8. The van der Waals surface area contributed by atoms with Crippen molar-refractivity contribution in [1.29, 1.82) is 0 Å². The van der Waals surface area contributed by atoms with E-state index in [1.165, 1.54) is 44.2 Å². The van der Waals surface area contributed by atoms with E-state index in [-0.39, 0.29) is 12.1 Å². The monoisotopic (exact) mass is 266 g/mol. The van der Waals surface area contributed by atoms with Crippen LogP contribution in [0.25, 0.3) is 0 Å². The molecule has 0 unspecified atom stereocenters. The number of hydrogen-bond acceptors (Lipinski definition) is 2.